The molecule has 1 N–H and O–H groups in total. The second-order valence-electron chi connectivity index (χ2n) is 9.45. The van der Waals surface area contributed by atoms with Crippen LogP contribution in [-0.4, -0.2) is 78.3 Å². The van der Waals surface area contributed by atoms with E-state index in [2.05, 4.69) is 46.0 Å². The van der Waals surface area contributed by atoms with Gasteiger partial charge in [0.05, 0.1) is 5.60 Å². The zero-order valence-electron chi connectivity index (χ0n) is 17.7. The second-order valence-corrected chi connectivity index (χ2v) is 9.45. The number of piperazine rings is 1. The molecule has 3 rings (SSSR count). The molecule has 27 heavy (non-hydrogen) atoms. The van der Waals surface area contributed by atoms with E-state index in [0.717, 1.165) is 25.3 Å². The van der Waals surface area contributed by atoms with Gasteiger partial charge in [-0.15, -0.1) is 0 Å². The fourth-order valence-electron chi connectivity index (χ4n) is 4.24. The number of rotatable bonds is 7. The molecule has 2 aliphatic rings. The number of nitrogens with zero attached hydrogens (tertiary/aromatic N) is 3. The van der Waals surface area contributed by atoms with Gasteiger partial charge in [-0.3, -0.25) is 4.90 Å². The zero-order valence-corrected chi connectivity index (χ0v) is 17.7. The molecule has 0 unspecified atom stereocenters. The van der Waals surface area contributed by atoms with Crippen LogP contribution in [0.2, 0.25) is 0 Å². The summed E-state index contributed by atoms with van der Waals surface area (Å²) in [5, 5.41) is 9.87. The van der Waals surface area contributed by atoms with Gasteiger partial charge in [-0.25, -0.2) is 0 Å². The summed E-state index contributed by atoms with van der Waals surface area (Å²) >= 11 is 0. The van der Waals surface area contributed by atoms with Gasteiger partial charge in [-0.05, 0) is 76.7 Å². The predicted molar refractivity (Wildman–Crippen MR) is 113 cm³/mol. The van der Waals surface area contributed by atoms with E-state index in [4.69, 9.17) is 0 Å². The minimum Gasteiger partial charge on any atom is -0.390 e. The fraction of sp³-hybridized carbons (Fsp3) is 0.739. The Balaban J connectivity index is 1.37. The highest BCUT2D eigenvalue weighted by molar-refractivity contribution is 5.22. The molecule has 0 aromatic heterocycles. The van der Waals surface area contributed by atoms with Crippen molar-refractivity contribution in [2.45, 2.75) is 51.7 Å². The van der Waals surface area contributed by atoms with Crippen molar-refractivity contribution in [3.63, 3.8) is 0 Å². The minimum absolute atomic E-state index is 0.576. The quantitative estimate of drug-likeness (QED) is 0.796. The summed E-state index contributed by atoms with van der Waals surface area (Å²) in [6.07, 6.45) is 4.45. The first-order chi connectivity index (χ1) is 12.9. The first-order valence-corrected chi connectivity index (χ1v) is 10.8. The van der Waals surface area contributed by atoms with Gasteiger partial charge < -0.3 is 14.9 Å². The molecule has 0 saturated carbocycles. The zero-order chi connectivity index (χ0) is 19.3. The monoisotopic (exact) mass is 373 g/mol. The van der Waals surface area contributed by atoms with Crippen LogP contribution in [0.15, 0.2) is 24.3 Å². The molecule has 2 fully saturated rings. The standard InChI is InChI=1S/C23H39N3O/c1-23(2,27)11-8-20-4-6-21(7-5-20)18-25-12-9-22(10-13-25)19-26-16-14-24(3)15-17-26/h4-7,22,27H,8-19H2,1-3H3. The molecule has 2 aliphatic heterocycles. The average Bonchev–Trinajstić information content (AvgIpc) is 2.64. The van der Waals surface area contributed by atoms with Gasteiger partial charge in [0, 0.05) is 39.3 Å². The molecule has 4 nitrogen and oxygen atoms in total. The van der Waals surface area contributed by atoms with Gasteiger partial charge in [-0.1, -0.05) is 24.3 Å². The lowest BCUT2D eigenvalue weighted by Crippen LogP contribution is -2.47. The smallest absolute Gasteiger partial charge is 0.0594 e. The summed E-state index contributed by atoms with van der Waals surface area (Å²) in [6, 6.07) is 9.02. The predicted octanol–water partition coefficient (Wildman–Crippen LogP) is 2.85. The molecule has 1 aromatic carbocycles. The van der Waals surface area contributed by atoms with Crippen LogP contribution >= 0.6 is 0 Å². The van der Waals surface area contributed by atoms with E-state index >= 15 is 0 Å². The largest absolute Gasteiger partial charge is 0.390 e. The molecule has 4 heteroatoms. The molecule has 0 radical (unpaired) electrons. The van der Waals surface area contributed by atoms with Crippen LogP contribution in [0.3, 0.4) is 0 Å². The molecule has 0 atom stereocenters. The maximum absolute atomic E-state index is 9.87. The van der Waals surface area contributed by atoms with Crippen molar-refractivity contribution in [3.8, 4) is 0 Å². The first kappa shape index (κ1) is 20.8. The van der Waals surface area contributed by atoms with Crippen molar-refractivity contribution < 1.29 is 5.11 Å². The van der Waals surface area contributed by atoms with E-state index in [1.54, 1.807) is 0 Å². The third kappa shape index (κ3) is 7.19. The molecule has 0 spiro atoms. The number of likely N-dealkylation sites (tertiary alicyclic amines) is 1. The highest BCUT2D eigenvalue weighted by Gasteiger charge is 2.23. The van der Waals surface area contributed by atoms with Crippen LogP contribution in [0, 0.1) is 5.92 Å². The summed E-state index contributed by atoms with van der Waals surface area (Å²) in [5.74, 6) is 0.883. The topological polar surface area (TPSA) is 30.0 Å². The molecule has 0 bridgehead atoms. The van der Waals surface area contributed by atoms with Crippen LogP contribution in [-0.2, 0) is 13.0 Å². The maximum atomic E-state index is 9.87. The maximum Gasteiger partial charge on any atom is 0.0594 e. The van der Waals surface area contributed by atoms with E-state index in [1.165, 1.54) is 69.8 Å². The first-order valence-electron chi connectivity index (χ1n) is 10.8. The molecule has 0 aliphatic carbocycles. The lowest BCUT2D eigenvalue weighted by atomic mass is 9.95. The number of benzene rings is 1. The lowest BCUT2D eigenvalue weighted by molar-refractivity contribution is 0.0714. The summed E-state index contributed by atoms with van der Waals surface area (Å²) in [6.45, 7) is 13.6. The van der Waals surface area contributed by atoms with Crippen molar-refractivity contribution in [1.29, 1.82) is 0 Å². The number of likely N-dealkylation sites (N-methyl/N-ethyl adjacent to an activating group) is 1. The molecule has 2 saturated heterocycles. The molecular weight excluding hydrogens is 334 g/mol. The summed E-state index contributed by atoms with van der Waals surface area (Å²) < 4.78 is 0. The normalized spacial score (nSPS) is 21.6. The third-order valence-electron chi connectivity index (χ3n) is 6.27. The van der Waals surface area contributed by atoms with Crippen molar-refractivity contribution >= 4 is 0 Å². The van der Waals surface area contributed by atoms with Crippen LogP contribution in [0.1, 0.15) is 44.2 Å². The summed E-state index contributed by atoms with van der Waals surface area (Å²) in [4.78, 5) is 7.73. The van der Waals surface area contributed by atoms with Crippen molar-refractivity contribution in [1.82, 2.24) is 14.7 Å². The minimum atomic E-state index is -0.576. The van der Waals surface area contributed by atoms with Crippen molar-refractivity contribution in [3.05, 3.63) is 35.4 Å². The fourth-order valence-corrected chi connectivity index (χ4v) is 4.24. The molecule has 2 heterocycles. The van der Waals surface area contributed by atoms with Gasteiger partial charge in [0.25, 0.3) is 0 Å². The van der Waals surface area contributed by atoms with Crippen LogP contribution in [0.5, 0.6) is 0 Å². The molecular formula is C23H39N3O. The Morgan fingerprint density at radius 3 is 2.07 bits per heavy atom. The van der Waals surface area contributed by atoms with E-state index in [-0.39, 0.29) is 0 Å². The van der Waals surface area contributed by atoms with Gasteiger partial charge in [0.1, 0.15) is 0 Å². The Morgan fingerprint density at radius 2 is 1.48 bits per heavy atom. The Labute approximate surface area is 166 Å². The van der Waals surface area contributed by atoms with E-state index in [0.29, 0.717) is 0 Å². The second kappa shape index (κ2) is 9.51. The van der Waals surface area contributed by atoms with Crippen LogP contribution < -0.4 is 0 Å². The molecule has 152 valence electrons. The van der Waals surface area contributed by atoms with E-state index in [1.807, 2.05) is 13.8 Å². The van der Waals surface area contributed by atoms with Gasteiger partial charge in [0.2, 0.25) is 0 Å². The number of piperidine rings is 1. The Morgan fingerprint density at radius 1 is 0.889 bits per heavy atom. The molecule has 1 aromatic rings. The van der Waals surface area contributed by atoms with E-state index < -0.39 is 5.60 Å². The van der Waals surface area contributed by atoms with Gasteiger partial charge in [0.15, 0.2) is 0 Å². The summed E-state index contributed by atoms with van der Waals surface area (Å²) in [5.41, 5.74) is 2.17. The SMILES string of the molecule is CN1CCN(CC2CCN(Cc3ccc(CCC(C)(C)O)cc3)CC2)CC1. The summed E-state index contributed by atoms with van der Waals surface area (Å²) in [7, 11) is 2.23. The highest BCUT2D eigenvalue weighted by atomic mass is 16.3. The van der Waals surface area contributed by atoms with Crippen molar-refractivity contribution in [2.75, 3.05) is 52.9 Å². The number of hydrogen-bond donors (Lipinski definition) is 1. The Kier molecular flexibility index (Phi) is 7.32. The van der Waals surface area contributed by atoms with Gasteiger partial charge in [-0.2, -0.15) is 0 Å². The van der Waals surface area contributed by atoms with E-state index in [9.17, 15) is 5.11 Å². The Hall–Kier alpha value is -0.940. The average molecular weight is 374 g/mol. The number of hydrogen-bond acceptors (Lipinski definition) is 4. The Bertz CT molecular complexity index is 550. The number of aryl methyl sites for hydroxylation is 1. The van der Waals surface area contributed by atoms with Crippen molar-refractivity contribution in [2.24, 2.45) is 5.92 Å². The third-order valence-corrected chi connectivity index (χ3v) is 6.27. The van der Waals surface area contributed by atoms with Gasteiger partial charge >= 0.3 is 0 Å². The van der Waals surface area contributed by atoms with Crippen LogP contribution in [0.4, 0.5) is 0 Å². The van der Waals surface area contributed by atoms with Crippen LogP contribution in [0.25, 0.3) is 0 Å². The highest BCUT2D eigenvalue weighted by Crippen LogP contribution is 2.21. The molecule has 0 amide bonds. The lowest BCUT2D eigenvalue weighted by Gasteiger charge is -2.38. The number of aliphatic hydroxyl groups is 1.